The maximum absolute atomic E-state index is 11.2. The van der Waals surface area contributed by atoms with Gasteiger partial charge in [0.05, 0.1) is 0 Å². The van der Waals surface area contributed by atoms with Gasteiger partial charge in [0, 0.05) is 37.5 Å². The highest BCUT2D eigenvalue weighted by molar-refractivity contribution is 7.09. The molecule has 1 aliphatic rings. The van der Waals surface area contributed by atoms with Crippen LogP contribution in [0.2, 0.25) is 0 Å². The summed E-state index contributed by atoms with van der Waals surface area (Å²) in [6.45, 7) is 7.88. The van der Waals surface area contributed by atoms with E-state index < -0.39 is 0 Å². The van der Waals surface area contributed by atoms with Crippen molar-refractivity contribution in [3.63, 3.8) is 0 Å². The Hall–Kier alpha value is -1.56. The van der Waals surface area contributed by atoms with Gasteiger partial charge in [0.25, 0.3) is 0 Å². The van der Waals surface area contributed by atoms with E-state index in [9.17, 15) is 4.79 Å². The third-order valence-corrected chi connectivity index (χ3v) is 5.22. The van der Waals surface area contributed by atoms with Gasteiger partial charge in [-0.05, 0) is 49.5 Å². The summed E-state index contributed by atoms with van der Waals surface area (Å²) in [6, 6.07) is 4.29. The molecule has 6 heteroatoms. The minimum atomic E-state index is -0.201. The normalized spacial score (nSPS) is 20.0. The Balaban J connectivity index is 1.92. The molecule has 1 amide bonds. The maximum atomic E-state index is 11.2. The van der Waals surface area contributed by atoms with Crippen LogP contribution >= 0.6 is 11.3 Å². The fourth-order valence-corrected chi connectivity index (χ4v) is 4.08. The zero-order chi connectivity index (χ0) is 17.4. The van der Waals surface area contributed by atoms with E-state index in [0.717, 1.165) is 51.4 Å². The first-order chi connectivity index (χ1) is 11.6. The van der Waals surface area contributed by atoms with E-state index in [1.54, 1.807) is 0 Å². The van der Waals surface area contributed by atoms with Crippen molar-refractivity contribution in [2.75, 3.05) is 26.2 Å². The molecule has 134 valence electrons. The van der Waals surface area contributed by atoms with Gasteiger partial charge in [-0.15, -0.1) is 11.3 Å². The van der Waals surface area contributed by atoms with Crippen LogP contribution in [-0.2, 0) is 11.2 Å². The zero-order valence-electron chi connectivity index (χ0n) is 14.8. The fraction of sp³-hybridized carbons (Fsp3) is 0.667. The summed E-state index contributed by atoms with van der Waals surface area (Å²) in [5, 5.41) is 5.53. The first kappa shape index (κ1) is 18.8. The van der Waals surface area contributed by atoms with Crippen LogP contribution < -0.4 is 11.1 Å². The van der Waals surface area contributed by atoms with Crippen molar-refractivity contribution in [2.45, 2.75) is 39.5 Å². The molecule has 0 bridgehead atoms. The number of nitrogens with one attached hydrogen (secondary N) is 1. The number of nitrogens with zero attached hydrogens (tertiary/aromatic N) is 2. The van der Waals surface area contributed by atoms with Gasteiger partial charge in [-0.2, -0.15) is 0 Å². The molecule has 1 saturated heterocycles. The summed E-state index contributed by atoms with van der Waals surface area (Å²) in [6.07, 6.45) is 3.72. The Labute approximate surface area is 149 Å². The number of carbonyl (C=O) groups is 1. The Morgan fingerprint density at radius 3 is 3.08 bits per heavy atom. The number of guanidine groups is 1. The van der Waals surface area contributed by atoms with Crippen molar-refractivity contribution in [2.24, 2.45) is 22.6 Å². The molecule has 0 saturated carbocycles. The van der Waals surface area contributed by atoms with Gasteiger partial charge < -0.3 is 16.0 Å². The lowest BCUT2D eigenvalue weighted by Crippen LogP contribution is -2.47. The van der Waals surface area contributed by atoms with Crippen LogP contribution in [0.25, 0.3) is 0 Å². The molecule has 1 aromatic heterocycles. The van der Waals surface area contributed by atoms with Crippen LogP contribution in [0.15, 0.2) is 22.5 Å². The predicted molar refractivity (Wildman–Crippen MR) is 101 cm³/mol. The van der Waals surface area contributed by atoms with Gasteiger partial charge in [-0.1, -0.05) is 13.0 Å². The second kappa shape index (κ2) is 9.67. The van der Waals surface area contributed by atoms with Crippen molar-refractivity contribution in [3.05, 3.63) is 22.4 Å². The molecule has 1 aliphatic heterocycles. The average molecular weight is 351 g/mol. The number of amides is 1. The van der Waals surface area contributed by atoms with Crippen LogP contribution in [0.5, 0.6) is 0 Å². The van der Waals surface area contributed by atoms with E-state index in [1.807, 2.05) is 11.3 Å². The van der Waals surface area contributed by atoms with Gasteiger partial charge in [-0.3, -0.25) is 9.79 Å². The number of thiophene rings is 1. The highest BCUT2D eigenvalue weighted by Gasteiger charge is 2.23. The van der Waals surface area contributed by atoms with Crippen LogP contribution in [0.1, 0.15) is 38.0 Å². The van der Waals surface area contributed by atoms with Crippen LogP contribution in [0.4, 0.5) is 0 Å². The number of nitrogens with two attached hydrogens (primary N) is 1. The van der Waals surface area contributed by atoms with Crippen LogP contribution in [-0.4, -0.2) is 42.9 Å². The molecule has 0 aliphatic carbocycles. The number of carbonyl (C=O) groups excluding carboxylic acids is 1. The highest BCUT2D eigenvalue weighted by Crippen LogP contribution is 2.20. The molecule has 1 fully saturated rings. The third kappa shape index (κ3) is 6.15. The van der Waals surface area contributed by atoms with Gasteiger partial charge in [0.2, 0.25) is 5.91 Å². The third-order valence-electron chi connectivity index (χ3n) is 4.33. The molecule has 3 N–H and O–H groups in total. The maximum Gasteiger partial charge on any atom is 0.217 e. The van der Waals surface area contributed by atoms with E-state index in [1.165, 1.54) is 4.88 Å². The number of primary amides is 1. The second-order valence-electron chi connectivity index (χ2n) is 6.71. The lowest BCUT2D eigenvalue weighted by Gasteiger charge is -2.34. The Morgan fingerprint density at radius 1 is 1.58 bits per heavy atom. The van der Waals surface area contributed by atoms with E-state index in [0.29, 0.717) is 18.3 Å². The van der Waals surface area contributed by atoms with Crippen LogP contribution in [0.3, 0.4) is 0 Å². The Morgan fingerprint density at radius 2 is 2.42 bits per heavy atom. The van der Waals surface area contributed by atoms with Crippen molar-refractivity contribution >= 4 is 23.2 Å². The SMILES string of the molecule is CCNC(=NCC(C)Cc1cccs1)N1CCCC(CC(N)=O)C1. The molecule has 24 heavy (non-hydrogen) atoms. The fourth-order valence-electron chi connectivity index (χ4n) is 3.21. The second-order valence-corrected chi connectivity index (χ2v) is 7.74. The monoisotopic (exact) mass is 350 g/mol. The largest absolute Gasteiger partial charge is 0.370 e. The first-order valence-electron chi connectivity index (χ1n) is 8.92. The van der Waals surface area contributed by atoms with Crippen molar-refractivity contribution < 1.29 is 4.79 Å². The summed E-state index contributed by atoms with van der Waals surface area (Å²) in [4.78, 5) is 19.8. The van der Waals surface area contributed by atoms with Crippen LogP contribution in [0, 0.1) is 11.8 Å². The summed E-state index contributed by atoms with van der Waals surface area (Å²) < 4.78 is 0. The number of aliphatic imine (C=N–C) groups is 1. The van der Waals surface area contributed by atoms with Gasteiger partial charge in [0.1, 0.15) is 0 Å². The number of hydrogen-bond donors (Lipinski definition) is 2. The average Bonchev–Trinajstić information content (AvgIpc) is 3.04. The van der Waals surface area contributed by atoms with Crippen molar-refractivity contribution in [3.8, 4) is 0 Å². The number of rotatable bonds is 7. The summed E-state index contributed by atoms with van der Waals surface area (Å²) in [5.41, 5.74) is 5.36. The summed E-state index contributed by atoms with van der Waals surface area (Å²) >= 11 is 1.81. The van der Waals surface area contributed by atoms with E-state index >= 15 is 0 Å². The topological polar surface area (TPSA) is 70.7 Å². The molecule has 0 radical (unpaired) electrons. The quantitative estimate of drug-likeness (QED) is 0.586. The molecule has 2 atom stereocenters. The van der Waals surface area contributed by atoms with E-state index in [2.05, 4.69) is 41.6 Å². The van der Waals surface area contributed by atoms with Gasteiger partial charge in [-0.25, -0.2) is 0 Å². The molecule has 2 heterocycles. The standard InChI is InChI=1S/C18H30N4OS/c1-3-20-18(21-12-14(2)10-16-7-5-9-24-16)22-8-4-6-15(13-22)11-17(19)23/h5,7,9,14-15H,3-4,6,8,10-13H2,1-2H3,(H2,19,23)(H,20,21). The van der Waals surface area contributed by atoms with Crippen molar-refractivity contribution in [1.82, 2.24) is 10.2 Å². The molecule has 5 nitrogen and oxygen atoms in total. The molecule has 1 aromatic rings. The molecule has 2 unspecified atom stereocenters. The summed E-state index contributed by atoms with van der Waals surface area (Å²) in [7, 11) is 0. The molecule has 2 rings (SSSR count). The minimum absolute atomic E-state index is 0.201. The van der Waals surface area contributed by atoms with E-state index in [-0.39, 0.29) is 5.91 Å². The number of piperidine rings is 1. The Kier molecular flexibility index (Phi) is 7.56. The lowest BCUT2D eigenvalue weighted by molar-refractivity contribution is -0.119. The minimum Gasteiger partial charge on any atom is -0.370 e. The number of hydrogen-bond acceptors (Lipinski definition) is 3. The lowest BCUT2D eigenvalue weighted by atomic mass is 9.95. The predicted octanol–water partition coefficient (Wildman–Crippen LogP) is 2.48. The molecular weight excluding hydrogens is 320 g/mol. The van der Waals surface area contributed by atoms with E-state index in [4.69, 9.17) is 10.7 Å². The van der Waals surface area contributed by atoms with Gasteiger partial charge >= 0.3 is 0 Å². The smallest absolute Gasteiger partial charge is 0.217 e. The van der Waals surface area contributed by atoms with Gasteiger partial charge in [0.15, 0.2) is 5.96 Å². The van der Waals surface area contributed by atoms with Crippen molar-refractivity contribution in [1.29, 1.82) is 0 Å². The molecule has 0 aromatic carbocycles. The molecule has 0 spiro atoms. The molecular formula is C18H30N4OS. The first-order valence-corrected chi connectivity index (χ1v) is 9.80. The number of likely N-dealkylation sites (tertiary alicyclic amines) is 1. The zero-order valence-corrected chi connectivity index (χ0v) is 15.6. The Bertz CT molecular complexity index is 529. The summed E-state index contributed by atoms with van der Waals surface area (Å²) in [5.74, 6) is 1.64. The highest BCUT2D eigenvalue weighted by atomic mass is 32.1.